The fraction of sp³-hybridized carbons (Fsp3) is 0.467. The number of benzene rings is 1. The number of rotatable bonds is 3. The summed E-state index contributed by atoms with van der Waals surface area (Å²) >= 11 is 0. The van der Waals surface area contributed by atoms with Crippen LogP contribution in [0.15, 0.2) is 18.2 Å². The standard InChI is InChI=1S/C15H18N2O3/c1-3-13-16-11-8-10(14(18)19)4-5-12(11)17(13)15(2)6-7-20-9-15/h4-5,8H,3,6-7,9H2,1-2H3,(H,18,19). The molecule has 0 amide bonds. The first-order valence-electron chi connectivity index (χ1n) is 6.88. The van der Waals surface area contributed by atoms with Crippen LogP contribution in [-0.4, -0.2) is 33.8 Å². The first-order chi connectivity index (χ1) is 9.55. The number of hydrogen-bond acceptors (Lipinski definition) is 3. The number of hydrogen-bond donors (Lipinski definition) is 1. The number of carbonyl (C=O) groups is 1. The van der Waals surface area contributed by atoms with Gasteiger partial charge in [0, 0.05) is 13.0 Å². The zero-order valence-corrected chi connectivity index (χ0v) is 11.7. The number of aromatic nitrogens is 2. The Morgan fingerprint density at radius 3 is 2.95 bits per heavy atom. The normalized spacial score (nSPS) is 22.5. The van der Waals surface area contributed by atoms with E-state index in [0.29, 0.717) is 6.61 Å². The Labute approximate surface area is 117 Å². The van der Waals surface area contributed by atoms with Gasteiger partial charge in [-0.2, -0.15) is 0 Å². The molecular weight excluding hydrogens is 256 g/mol. The average molecular weight is 274 g/mol. The Bertz CT molecular complexity index is 669. The molecule has 0 saturated carbocycles. The van der Waals surface area contributed by atoms with E-state index in [1.165, 1.54) is 0 Å². The maximum atomic E-state index is 11.1. The van der Waals surface area contributed by atoms with Gasteiger partial charge in [-0.05, 0) is 31.5 Å². The van der Waals surface area contributed by atoms with Gasteiger partial charge >= 0.3 is 5.97 Å². The van der Waals surface area contributed by atoms with Crippen LogP contribution in [0.4, 0.5) is 0 Å². The third-order valence-electron chi connectivity index (χ3n) is 4.02. The van der Waals surface area contributed by atoms with E-state index in [4.69, 9.17) is 9.84 Å². The minimum Gasteiger partial charge on any atom is -0.478 e. The van der Waals surface area contributed by atoms with Gasteiger partial charge < -0.3 is 14.4 Å². The van der Waals surface area contributed by atoms with Crippen LogP contribution in [0, 0.1) is 0 Å². The molecule has 0 radical (unpaired) electrons. The average Bonchev–Trinajstić information content (AvgIpc) is 3.01. The van der Waals surface area contributed by atoms with Crippen LogP contribution in [-0.2, 0) is 16.7 Å². The second-order valence-corrected chi connectivity index (χ2v) is 5.53. The summed E-state index contributed by atoms with van der Waals surface area (Å²) in [5, 5.41) is 9.09. The summed E-state index contributed by atoms with van der Waals surface area (Å²) in [5.74, 6) is 0.0606. The van der Waals surface area contributed by atoms with Crippen molar-refractivity contribution in [1.29, 1.82) is 0 Å². The highest BCUT2D eigenvalue weighted by molar-refractivity contribution is 5.92. The molecule has 0 bridgehead atoms. The molecule has 1 saturated heterocycles. The Morgan fingerprint density at radius 2 is 2.35 bits per heavy atom. The van der Waals surface area contributed by atoms with E-state index < -0.39 is 5.97 Å². The molecule has 3 rings (SSSR count). The number of carboxylic acids is 1. The molecule has 1 aliphatic heterocycles. The first-order valence-corrected chi connectivity index (χ1v) is 6.88. The molecule has 1 aliphatic rings. The number of aryl methyl sites for hydroxylation is 1. The van der Waals surface area contributed by atoms with Crippen LogP contribution in [0.5, 0.6) is 0 Å². The van der Waals surface area contributed by atoms with Gasteiger partial charge in [0.15, 0.2) is 0 Å². The fourth-order valence-corrected chi connectivity index (χ4v) is 2.94. The highest BCUT2D eigenvalue weighted by Crippen LogP contribution is 2.32. The van der Waals surface area contributed by atoms with Gasteiger partial charge in [-0.3, -0.25) is 0 Å². The molecule has 1 N–H and O–H groups in total. The lowest BCUT2D eigenvalue weighted by Gasteiger charge is -2.27. The molecule has 2 heterocycles. The number of aromatic carboxylic acids is 1. The number of nitrogens with zero attached hydrogens (tertiary/aromatic N) is 2. The Morgan fingerprint density at radius 1 is 1.55 bits per heavy atom. The van der Waals surface area contributed by atoms with Gasteiger partial charge in [0.2, 0.25) is 0 Å². The summed E-state index contributed by atoms with van der Waals surface area (Å²) in [7, 11) is 0. The van der Waals surface area contributed by atoms with Gasteiger partial charge in [-0.15, -0.1) is 0 Å². The Hall–Kier alpha value is -1.88. The van der Waals surface area contributed by atoms with Gasteiger partial charge in [0.1, 0.15) is 5.82 Å². The van der Waals surface area contributed by atoms with Crippen LogP contribution in [0.25, 0.3) is 11.0 Å². The van der Waals surface area contributed by atoms with E-state index >= 15 is 0 Å². The molecule has 5 nitrogen and oxygen atoms in total. The Kier molecular flexibility index (Phi) is 3.01. The number of ether oxygens (including phenoxy) is 1. The second kappa shape index (κ2) is 4.59. The van der Waals surface area contributed by atoms with Crippen molar-refractivity contribution >= 4 is 17.0 Å². The highest BCUT2D eigenvalue weighted by atomic mass is 16.5. The summed E-state index contributed by atoms with van der Waals surface area (Å²) in [5.41, 5.74) is 1.91. The van der Waals surface area contributed by atoms with E-state index in [0.717, 1.165) is 36.3 Å². The van der Waals surface area contributed by atoms with Crippen LogP contribution in [0.2, 0.25) is 0 Å². The van der Waals surface area contributed by atoms with Crippen molar-refractivity contribution < 1.29 is 14.6 Å². The molecular formula is C15H18N2O3. The number of carboxylic acid groups (broad SMARTS) is 1. The highest BCUT2D eigenvalue weighted by Gasteiger charge is 2.34. The van der Waals surface area contributed by atoms with Crippen molar-refractivity contribution in [3.8, 4) is 0 Å². The van der Waals surface area contributed by atoms with Crippen LogP contribution >= 0.6 is 0 Å². The van der Waals surface area contributed by atoms with Crippen LogP contribution < -0.4 is 0 Å². The van der Waals surface area contributed by atoms with Crippen molar-refractivity contribution in [3.05, 3.63) is 29.6 Å². The summed E-state index contributed by atoms with van der Waals surface area (Å²) in [6.45, 7) is 5.67. The van der Waals surface area contributed by atoms with E-state index in [1.54, 1.807) is 12.1 Å². The molecule has 106 valence electrons. The lowest BCUT2D eigenvalue weighted by atomic mass is 10.0. The molecule has 2 aromatic rings. The van der Waals surface area contributed by atoms with Crippen molar-refractivity contribution in [3.63, 3.8) is 0 Å². The lowest BCUT2D eigenvalue weighted by Crippen LogP contribution is -2.31. The smallest absolute Gasteiger partial charge is 0.335 e. The van der Waals surface area contributed by atoms with Crippen molar-refractivity contribution in [2.45, 2.75) is 32.2 Å². The monoisotopic (exact) mass is 274 g/mol. The number of fused-ring (bicyclic) bond motifs is 1. The maximum Gasteiger partial charge on any atom is 0.335 e. The van der Waals surface area contributed by atoms with E-state index in [2.05, 4.69) is 23.4 Å². The molecule has 20 heavy (non-hydrogen) atoms. The quantitative estimate of drug-likeness (QED) is 0.933. The predicted octanol–water partition coefficient (Wildman–Crippen LogP) is 2.43. The minimum atomic E-state index is -0.921. The molecule has 0 aliphatic carbocycles. The summed E-state index contributed by atoms with van der Waals surface area (Å²) in [4.78, 5) is 15.7. The molecule has 0 spiro atoms. The third-order valence-corrected chi connectivity index (χ3v) is 4.02. The number of imidazole rings is 1. The van der Waals surface area contributed by atoms with Crippen LogP contribution in [0.3, 0.4) is 0 Å². The third kappa shape index (κ3) is 1.89. The summed E-state index contributed by atoms with van der Waals surface area (Å²) < 4.78 is 7.77. The molecule has 1 atom stereocenters. The largest absolute Gasteiger partial charge is 0.478 e. The summed E-state index contributed by atoms with van der Waals surface area (Å²) in [6, 6.07) is 5.14. The van der Waals surface area contributed by atoms with Gasteiger partial charge in [0.25, 0.3) is 0 Å². The van der Waals surface area contributed by atoms with Crippen molar-refractivity contribution in [2.24, 2.45) is 0 Å². The zero-order chi connectivity index (χ0) is 14.3. The zero-order valence-electron chi connectivity index (χ0n) is 11.7. The summed E-state index contributed by atoms with van der Waals surface area (Å²) in [6.07, 6.45) is 1.76. The molecule has 1 aromatic heterocycles. The van der Waals surface area contributed by atoms with E-state index in [1.807, 2.05) is 6.07 Å². The van der Waals surface area contributed by atoms with Crippen LogP contribution in [0.1, 0.15) is 36.5 Å². The maximum absolute atomic E-state index is 11.1. The fourth-order valence-electron chi connectivity index (χ4n) is 2.94. The minimum absolute atomic E-state index is 0.0924. The molecule has 5 heteroatoms. The molecule has 1 aromatic carbocycles. The second-order valence-electron chi connectivity index (χ2n) is 5.53. The van der Waals surface area contributed by atoms with Crippen molar-refractivity contribution in [1.82, 2.24) is 9.55 Å². The van der Waals surface area contributed by atoms with E-state index in [9.17, 15) is 4.79 Å². The van der Waals surface area contributed by atoms with Crippen molar-refractivity contribution in [2.75, 3.05) is 13.2 Å². The lowest BCUT2D eigenvalue weighted by molar-refractivity contribution is 0.0697. The topological polar surface area (TPSA) is 64.3 Å². The SMILES string of the molecule is CCc1nc2cc(C(=O)O)ccc2n1C1(C)CCOC1. The van der Waals surface area contributed by atoms with E-state index in [-0.39, 0.29) is 11.1 Å². The van der Waals surface area contributed by atoms with Gasteiger partial charge in [-0.1, -0.05) is 6.92 Å². The Balaban J connectivity index is 2.22. The van der Waals surface area contributed by atoms with Gasteiger partial charge in [-0.25, -0.2) is 9.78 Å². The first kappa shape index (κ1) is 13.1. The molecule has 1 fully saturated rings. The predicted molar refractivity (Wildman–Crippen MR) is 75.2 cm³/mol. The van der Waals surface area contributed by atoms with Gasteiger partial charge in [0.05, 0.1) is 28.7 Å². The molecule has 1 unspecified atom stereocenters.